The molecule has 0 amide bonds. The van der Waals surface area contributed by atoms with Gasteiger partial charge < -0.3 is 9.72 Å². The van der Waals surface area contributed by atoms with Gasteiger partial charge in [0.15, 0.2) is 0 Å². The highest BCUT2D eigenvalue weighted by atomic mass is 16.5. The van der Waals surface area contributed by atoms with Crippen molar-refractivity contribution in [3.63, 3.8) is 0 Å². The quantitative estimate of drug-likeness (QED) is 0.784. The van der Waals surface area contributed by atoms with Crippen molar-refractivity contribution >= 4 is 0 Å². The van der Waals surface area contributed by atoms with Gasteiger partial charge in [0.1, 0.15) is 11.6 Å². The predicted octanol–water partition coefficient (Wildman–Crippen LogP) is 3.82. The maximum absolute atomic E-state index is 5.36. The van der Waals surface area contributed by atoms with Gasteiger partial charge in [-0.1, -0.05) is 31.9 Å². The SMILES string of the molecule is CCCCCc1ncc(-c2ccccc2OC)[nH]1. The fraction of sp³-hybridized carbons (Fsp3) is 0.400. The fourth-order valence-corrected chi connectivity index (χ4v) is 2.04. The minimum absolute atomic E-state index is 0.876. The number of aromatic nitrogens is 2. The van der Waals surface area contributed by atoms with E-state index >= 15 is 0 Å². The molecule has 0 aliphatic carbocycles. The molecule has 0 bridgehead atoms. The number of hydrogen-bond donors (Lipinski definition) is 1. The van der Waals surface area contributed by atoms with Gasteiger partial charge in [-0.25, -0.2) is 4.98 Å². The van der Waals surface area contributed by atoms with Crippen LogP contribution in [-0.4, -0.2) is 17.1 Å². The van der Waals surface area contributed by atoms with Gasteiger partial charge in [0.2, 0.25) is 0 Å². The minimum atomic E-state index is 0.876. The van der Waals surface area contributed by atoms with Crippen molar-refractivity contribution in [3.8, 4) is 17.0 Å². The predicted molar refractivity (Wildman–Crippen MR) is 73.8 cm³/mol. The largest absolute Gasteiger partial charge is 0.496 e. The van der Waals surface area contributed by atoms with Crippen LogP contribution in [-0.2, 0) is 6.42 Å². The van der Waals surface area contributed by atoms with Crippen LogP contribution in [0.1, 0.15) is 32.0 Å². The molecular weight excluding hydrogens is 224 g/mol. The van der Waals surface area contributed by atoms with Crippen molar-refractivity contribution in [3.05, 3.63) is 36.3 Å². The highest BCUT2D eigenvalue weighted by Gasteiger charge is 2.07. The Morgan fingerprint density at radius 1 is 1.22 bits per heavy atom. The summed E-state index contributed by atoms with van der Waals surface area (Å²) < 4.78 is 5.36. The molecule has 0 aliphatic heterocycles. The number of aryl methyl sites for hydroxylation is 1. The average molecular weight is 244 g/mol. The molecule has 18 heavy (non-hydrogen) atoms. The zero-order valence-corrected chi connectivity index (χ0v) is 11.1. The van der Waals surface area contributed by atoms with Crippen LogP contribution in [0.25, 0.3) is 11.3 Å². The summed E-state index contributed by atoms with van der Waals surface area (Å²) in [7, 11) is 1.69. The molecule has 0 fully saturated rings. The van der Waals surface area contributed by atoms with E-state index in [1.54, 1.807) is 7.11 Å². The van der Waals surface area contributed by atoms with Gasteiger partial charge in [-0.15, -0.1) is 0 Å². The van der Waals surface area contributed by atoms with Crippen molar-refractivity contribution < 1.29 is 4.74 Å². The zero-order chi connectivity index (χ0) is 12.8. The number of unbranched alkanes of at least 4 members (excludes halogenated alkanes) is 2. The first kappa shape index (κ1) is 12.7. The molecule has 2 aromatic rings. The van der Waals surface area contributed by atoms with E-state index in [1.165, 1.54) is 19.3 Å². The number of methoxy groups -OCH3 is 1. The number of imidazole rings is 1. The molecule has 1 aromatic carbocycles. The maximum atomic E-state index is 5.36. The molecule has 1 heterocycles. The summed E-state index contributed by atoms with van der Waals surface area (Å²) in [6.07, 6.45) is 6.59. The molecule has 0 saturated carbocycles. The van der Waals surface area contributed by atoms with Crippen LogP contribution in [0.2, 0.25) is 0 Å². The molecule has 0 spiro atoms. The van der Waals surface area contributed by atoms with Crippen molar-refractivity contribution in [1.82, 2.24) is 9.97 Å². The number of rotatable bonds is 6. The summed E-state index contributed by atoms with van der Waals surface area (Å²) in [6, 6.07) is 7.99. The van der Waals surface area contributed by atoms with Crippen LogP contribution >= 0.6 is 0 Å². The summed E-state index contributed by atoms with van der Waals surface area (Å²) >= 11 is 0. The van der Waals surface area contributed by atoms with Crippen LogP contribution in [0.15, 0.2) is 30.5 Å². The lowest BCUT2D eigenvalue weighted by Crippen LogP contribution is -1.89. The molecule has 1 aromatic heterocycles. The molecule has 0 radical (unpaired) electrons. The second-order valence-electron chi connectivity index (χ2n) is 4.40. The number of H-pyrrole nitrogens is 1. The monoisotopic (exact) mass is 244 g/mol. The standard InChI is InChI=1S/C15H20N2O/c1-3-4-5-10-15-16-11-13(17-15)12-8-6-7-9-14(12)18-2/h6-9,11H,3-5,10H2,1-2H3,(H,16,17). The molecule has 3 nitrogen and oxygen atoms in total. The van der Waals surface area contributed by atoms with E-state index in [0.717, 1.165) is 29.3 Å². The third-order valence-electron chi connectivity index (χ3n) is 3.04. The Labute approximate surface area is 108 Å². The van der Waals surface area contributed by atoms with Crippen molar-refractivity contribution in [2.45, 2.75) is 32.6 Å². The highest BCUT2D eigenvalue weighted by molar-refractivity contribution is 5.66. The molecule has 96 valence electrons. The lowest BCUT2D eigenvalue weighted by Gasteiger charge is -2.05. The molecular formula is C15H20N2O. The Hall–Kier alpha value is -1.77. The van der Waals surface area contributed by atoms with Crippen LogP contribution in [0, 0.1) is 0 Å². The Morgan fingerprint density at radius 3 is 2.83 bits per heavy atom. The third-order valence-corrected chi connectivity index (χ3v) is 3.04. The summed E-state index contributed by atoms with van der Waals surface area (Å²) in [4.78, 5) is 7.80. The van der Waals surface area contributed by atoms with Gasteiger partial charge in [0, 0.05) is 12.0 Å². The summed E-state index contributed by atoms with van der Waals surface area (Å²) in [5.74, 6) is 1.94. The number of nitrogens with zero attached hydrogens (tertiary/aromatic N) is 1. The van der Waals surface area contributed by atoms with E-state index in [0.29, 0.717) is 0 Å². The minimum Gasteiger partial charge on any atom is -0.496 e. The maximum Gasteiger partial charge on any atom is 0.128 e. The first-order valence-corrected chi connectivity index (χ1v) is 6.52. The van der Waals surface area contributed by atoms with Crippen LogP contribution in [0.4, 0.5) is 0 Å². The zero-order valence-electron chi connectivity index (χ0n) is 11.1. The molecule has 3 heteroatoms. The Balaban J connectivity index is 2.13. The van der Waals surface area contributed by atoms with Gasteiger partial charge >= 0.3 is 0 Å². The Morgan fingerprint density at radius 2 is 2.06 bits per heavy atom. The first-order chi connectivity index (χ1) is 8.85. The number of ether oxygens (including phenoxy) is 1. The summed E-state index contributed by atoms with van der Waals surface area (Å²) in [6.45, 7) is 2.21. The first-order valence-electron chi connectivity index (χ1n) is 6.52. The topological polar surface area (TPSA) is 37.9 Å². The van der Waals surface area contributed by atoms with Crippen LogP contribution < -0.4 is 4.74 Å². The number of para-hydroxylation sites is 1. The Bertz CT molecular complexity index is 491. The third kappa shape index (κ3) is 2.92. The molecule has 0 atom stereocenters. The van der Waals surface area contributed by atoms with Gasteiger partial charge in [-0.3, -0.25) is 0 Å². The van der Waals surface area contributed by atoms with Gasteiger partial charge in [-0.05, 0) is 18.6 Å². The highest BCUT2D eigenvalue weighted by Crippen LogP contribution is 2.28. The van der Waals surface area contributed by atoms with E-state index in [4.69, 9.17) is 4.74 Å². The van der Waals surface area contributed by atoms with Crippen molar-refractivity contribution in [2.24, 2.45) is 0 Å². The summed E-state index contributed by atoms with van der Waals surface area (Å²) in [5, 5.41) is 0. The molecule has 0 unspecified atom stereocenters. The lowest BCUT2D eigenvalue weighted by molar-refractivity contribution is 0.416. The van der Waals surface area contributed by atoms with E-state index in [9.17, 15) is 0 Å². The van der Waals surface area contributed by atoms with Gasteiger partial charge in [-0.2, -0.15) is 0 Å². The fourth-order valence-electron chi connectivity index (χ4n) is 2.04. The van der Waals surface area contributed by atoms with Gasteiger partial charge in [0.05, 0.1) is 19.0 Å². The number of hydrogen-bond acceptors (Lipinski definition) is 2. The molecule has 1 N–H and O–H groups in total. The second kappa shape index (κ2) is 6.24. The molecule has 0 saturated heterocycles. The van der Waals surface area contributed by atoms with Crippen LogP contribution in [0.3, 0.4) is 0 Å². The average Bonchev–Trinajstić information content (AvgIpc) is 2.88. The van der Waals surface area contributed by atoms with Crippen molar-refractivity contribution in [1.29, 1.82) is 0 Å². The normalized spacial score (nSPS) is 10.6. The van der Waals surface area contributed by atoms with E-state index < -0.39 is 0 Å². The van der Waals surface area contributed by atoms with Gasteiger partial charge in [0.25, 0.3) is 0 Å². The molecule has 0 aliphatic rings. The van der Waals surface area contributed by atoms with E-state index in [-0.39, 0.29) is 0 Å². The lowest BCUT2D eigenvalue weighted by atomic mass is 10.1. The second-order valence-corrected chi connectivity index (χ2v) is 4.40. The smallest absolute Gasteiger partial charge is 0.128 e. The van der Waals surface area contributed by atoms with E-state index in [1.807, 2.05) is 30.5 Å². The Kier molecular flexibility index (Phi) is 4.40. The summed E-state index contributed by atoms with van der Waals surface area (Å²) in [5.41, 5.74) is 2.09. The number of nitrogens with one attached hydrogen (secondary N) is 1. The number of benzene rings is 1. The van der Waals surface area contributed by atoms with E-state index in [2.05, 4.69) is 16.9 Å². The number of aromatic amines is 1. The van der Waals surface area contributed by atoms with Crippen LogP contribution in [0.5, 0.6) is 5.75 Å². The molecule has 2 rings (SSSR count). The van der Waals surface area contributed by atoms with Crippen molar-refractivity contribution in [2.75, 3.05) is 7.11 Å².